The highest BCUT2D eigenvalue weighted by Crippen LogP contribution is 2.28. The molecule has 136 valence electrons. The second kappa shape index (κ2) is 10.2. The molecule has 1 saturated heterocycles. The molecule has 1 fully saturated rings. The molecule has 1 amide bonds. The summed E-state index contributed by atoms with van der Waals surface area (Å²) in [6, 6.07) is 0. The van der Waals surface area contributed by atoms with Gasteiger partial charge in [0.1, 0.15) is 0 Å². The van der Waals surface area contributed by atoms with Crippen LogP contribution in [0.15, 0.2) is 0 Å². The molecule has 3 N–H and O–H groups in total. The van der Waals surface area contributed by atoms with Crippen molar-refractivity contribution >= 4 is 15.9 Å². The standard InChI is InChI=1S/C14H29N3O5S/c1-3-22-8-9-23(19,20)17-10-13(18)16-11-14(12-21-2)4-6-15-7-5-14/h15,17H,3-12H2,1-2H3,(H,16,18). The highest BCUT2D eigenvalue weighted by molar-refractivity contribution is 7.89. The van der Waals surface area contributed by atoms with E-state index in [1.165, 1.54) is 0 Å². The molecule has 0 atom stereocenters. The van der Waals surface area contributed by atoms with E-state index in [9.17, 15) is 13.2 Å². The molecule has 0 spiro atoms. The molecule has 0 saturated carbocycles. The fourth-order valence-electron chi connectivity index (χ4n) is 2.54. The summed E-state index contributed by atoms with van der Waals surface area (Å²) in [5, 5.41) is 6.10. The molecule has 0 aromatic carbocycles. The first-order valence-corrected chi connectivity index (χ1v) is 9.60. The maximum Gasteiger partial charge on any atom is 0.235 e. The zero-order valence-corrected chi connectivity index (χ0v) is 14.8. The predicted molar refractivity (Wildman–Crippen MR) is 87.7 cm³/mol. The molecule has 1 rings (SSSR count). The molecule has 8 nitrogen and oxygen atoms in total. The summed E-state index contributed by atoms with van der Waals surface area (Å²) in [5.41, 5.74) is -0.0799. The molecule has 0 radical (unpaired) electrons. The Hall–Kier alpha value is -0.740. The van der Waals surface area contributed by atoms with Crippen molar-refractivity contribution in [1.29, 1.82) is 0 Å². The van der Waals surface area contributed by atoms with Gasteiger partial charge in [-0.2, -0.15) is 0 Å². The van der Waals surface area contributed by atoms with Crippen LogP contribution in [0.5, 0.6) is 0 Å². The quantitative estimate of drug-likeness (QED) is 0.416. The first-order chi connectivity index (χ1) is 10.9. The molecule has 1 aliphatic heterocycles. The zero-order chi connectivity index (χ0) is 17.2. The van der Waals surface area contributed by atoms with Crippen LogP contribution < -0.4 is 15.4 Å². The number of nitrogens with one attached hydrogen (secondary N) is 3. The summed E-state index contributed by atoms with van der Waals surface area (Å²) in [7, 11) is -1.84. The summed E-state index contributed by atoms with van der Waals surface area (Å²) in [6.07, 6.45) is 1.84. The maximum absolute atomic E-state index is 11.9. The molecule has 0 unspecified atom stereocenters. The fourth-order valence-corrected chi connectivity index (χ4v) is 3.38. The van der Waals surface area contributed by atoms with E-state index < -0.39 is 10.0 Å². The second-order valence-corrected chi connectivity index (χ2v) is 7.72. The average molecular weight is 351 g/mol. The number of amides is 1. The molecular formula is C14H29N3O5S. The number of rotatable bonds is 11. The van der Waals surface area contributed by atoms with Crippen LogP contribution in [0, 0.1) is 5.41 Å². The number of carbonyl (C=O) groups is 1. The summed E-state index contributed by atoms with van der Waals surface area (Å²) < 4.78 is 35.9. The number of sulfonamides is 1. The fraction of sp³-hybridized carbons (Fsp3) is 0.929. The van der Waals surface area contributed by atoms with E-state index in [2.05, 4.69) is 15.4 Å². The third kappa shape index (κ3) is 8.07. The molecule has 0 aromatic rings. The van der Waals surface area contributed by atoms with E-state index >= 15 is 0 Å². The Morgan fingerprint density at radius 1 is 1.30 bits per heavy atom. The first-order valence-electron chi connectivity index (χ1n) is 7.94. The van der Waals surface area contributed by atoms with Gasteiger partial charge >= 0.3 is 0 Å². The Morgan fingerprint density at radius 2 is 2.00 bits per heavy atom. The monoisotopic (exact) mass is 351 g/mol. The third-order valence-electron chi connectivity index (χ3n) is 3.93. The van der Waals surface area contributed by atoms with Gasteiger partial charge in [-0.15, -0.1) is 0 Å². The largest absolute Gasteiger partial charge is 0.384 e. The molecule has 0 aromatic heterocycles. The minimum absolute atomic E-state index is 0.0799. The smallest absolute Gasteiger partial charge is 0.235 e. The van der Waals surface area contributed by atoms with Crippen LogP contribution in [0.3, 0.4) is 0 Å². The minimum Gasteiger partial charge on any atom is -0.384 e. The number of hydrogen-bond donors (Lipinski definition) is 3. The highest BCUT2D eigenvalue weighted by atomic mass is 32.2. The molecule has 0 bridgehead atoms. The predicted octanol–water partition coefficient (Wildman–Crippen LogP) is -0.925. The Bertz CT molecular complexity index is 444. The Labute approximate surface area is 138 Å². The van der Waals surface area contributed by atoms with Gasteiger partial charge in [0, 0.05) is 25.7 Å². The topological polar surface area (TPSA) is 106 Å². The lowest BCUT2D eigenvalue weighted by molar-refractivity contribution is -0.120. The van der Waals surface area contributed by atoms with Gasteiger partial charge in [0.2, 0.25) is 15.9 Å². The molecule has 0 aliphatic carbocycles. The normalized spacial score (nSPS) is 17.8. The van der Waals surface area contributed by atoms with E-state index in [1.807, 2.05) is 0 Å². The highest BCUT2D eigenvalue weighted by Gasteiger charge is 2.32. The lowest BCUT2D eigenvalue weighted by Crippen LogP contribution is -2.48. The van der Waals surface area contributed by atoms with Crippen molar-refractivity contribution in [3.05, 3.63) is 0 Å². The van der Waals surface area contributed by atoms with E-state index in [-0.39, 0.29) is 30.2 Å². The Balaban J connectivity index is 2.35. The van der Waals surface area contributed by atoms with Crippen LogP contribution in [0.25, 0.3) is 0 Å². The van der Waals surface area contributed by atoms with Crippen LogP contribution in [0.4, 0.5) is 0 Å². The van der Waals surface area contributed by atoms with Crippen LogP contribution in [-0.2, 0) is 24.3 Å². The van der Waals surface area contributed by atoms with Crippen molar-refractivity contribution in [2.24, 2.45) is 5.41 Å². The van der Waals surface area contributed by atoms with E-state index in [0.29, 0.717) is 19.8 Å². The minimum atomic E-state index is -3.49. The Kier molecular flexibility index (Phi) is 9.00. The van der Waals surface area contributed by atoms with Crippen molar-refractivity contribution in [3.8, 4) is 0 Å². The SMILES string of the molecule is CCOCCS(=O)(=O)NCC(=O)NCC1(COC)CCNCC1. The van der Waals surface area contributed by atoms with E-state index in [4.69, 9.17) is 9.47 Å². The Morgan fingerprint density at radius 3 is 2.61 bits per heavy atom. The van der Waals surface area contributed by atoms with Crippen molar-refractivity contribution in [1.82, 2.24) is 15.4 Å². The molecule has 1 heterocycles. The number of ether oxygens (including phenoxy) is 2. The van der Waals surface area contributed by atoms with Crippen molar-refractivity contribution in [3.63, 3.8) is 0 Å². The van der Waals surface area contributed by atoms with Crippen molar-refractivity contribution in [2.75, 3.05) is 58.9 Å². The van der Waals surface area contributed by atoms with E-state index in [0.717, 1.165) is 25.9 Å². The van der Waals surface area contributed by atoms with Crippen LogP contribution in [-0.4, -0.2) is 73.2 Å². The lowest BCUT2D eigenvalue weighted by atomic mass is 9.79. The summed E-state index contributed by atoms with van der Waals surface area (Å²) in [6.45, 7) is 4.98. The summed E-state index contributed by atoms with van der Waals surface area (Å²) in [5.74, 6) is -0.480. The van der Waals surface area contributed by atoms with Crippen LogP contribution >= 0.6 is 0 Å². The van der Waals surface area contributed by atoms with E-state index in [1.54, 1.807) is 14.0 Å². The van der Waals surface area contributed by atoms with Crippen molar-refractivity contribution in [2.45, 2.75) is 19.8 Å². The first kappa shape index (κ1) is 20.3. The maximum atomic E-state index is 11.9. The molecule has 9 heteroatoms. The molecular weight excluding hydrogens is 322 g/mol. The number of methoxy groups -OCH3 is 1. The third-order valence-corrected chi connectivity index (χ3v) is 5.22. The average Bonchev–Trinajstić information content (AvgIpc) is 2.52. The molecule has 1 aliphatic rings. The van der Waals surface area contributed by atoms with Gasteiger partial charge in [0.25, 0.3) is 0 Å². The van der Waals surface area contributed by atoms with Gasteiger partial charge in [-0.3, -0.25) is 4.79 Å². The van der Waals surface area contributed by atoms with Gasteiger partial charge in [-0.25, -0.2) is 13.1 Å². The number of carbonyl (C=O) groups excluding carboxylic acids is 1. The van der Waals surface area contributed by atoms with Crippen LogP contribution in [0.2, 0.25) is 0 Å². The van der Waals surface area contributed by atoms with Gasteiger partial charge in [0.15, 0.2) is 0 Å². The van der Waals surface area contributed by atoms with Gasteiger partial charge in [0.05, 0.1) is 25.5 Å². The van der Waals surface area contributed by atoms with Gasteiger partial charge < -0.3 is 20.1 Å². The summed E-state index contributed by atoms with van der Waals surface area (Å²) >= 11 is 0. The molecule has 23 heavy (non-hydrogen) atoms. The van der Waals surface area contributed by atoms with Crippen LogP contribution in [0.1, 0.15) is 19.8 Å². The number of hydrogen-bond acceptors (Lipinski definition) is 6. The zero-order valence-electron chi connectivity index (χ0n) is 14.0. The van der Waals surface area contributed by atoms with Crippen molar-refractivity contribution < 1.29 is 22.7 Å². The van der Waals surface area contributed by atoms with Gasteiger partial charge in [-0.05, 0) is 32.9 Å². The van der Waals surface area contributed by atoms with Gasteiger partial charge in [-0.1, -0.05) is 0 Å². The number of piperidine rings is 1. The summed E-state index contributed by atoms with van der Waals surface area (Å²) in [4.78, 5) is 11.9. The lowest BCUT2D eigenvalue weighted by Gasteiger charge is -2.37. The second-order valence-electron chi connectivity index (χ2n) is 5.80.